The summed E-state index contributed by atoms with van der Waals surface area (Å²) in [6, 6.07) is 9.76. The molecule has 2 N–H and O–H groups in total. The number of urea groups is 1. The first kappa shape index (κ1) is 14.4. The third-order valence-corrected chi connectivity index (χ3v) is 4.76. The van der Waals surface area contributed by atoms with E-state index in [9.17, 15) is 4.79 Å². The number of nitrogens with zero attached hydrogens (tertiary/aromatic N) is 1. The van der Waals surface area contributed by atoms with E-state index in [-0.39, 0.29) is 12.1 Å². The highest BCUT2D eigenvalue weighted by atomic mass is 16.2. The van der Waals surface area contributed by atoms with E-state index in [4.69, 9.17) is 0 Å². The summed E-state index contributed by atoms with van der Waals surface area (Å²) < 4.78 is 0. The van der Waals surface area contributed by atoms with Gasteiger partial charge in [0.15, 0.2) is 0 Å². The first-order valence-electron chi connectivity index (χ1n) is 7.96. The molecule has 1 atom stereocenters. The van der Waals surface area contributed by atoms with Crippen molar-refractivity contribution in [2.24, 2.45) is 0 Å². The second-order valence-corrected chi connectivity index (χ2v) is 6.47. The van der Waals surface area contributed by atoms with Gasteiger partial charge in [-0.2, -0.15) is 0 Å². The van der Waals surface area contributed by atoms with Gasteiger partial charge in [0.1, 0.15) is 0 Å². The summed E-state index contributed by atoms with van der Waals surface area (Å²) in [6.07, 6.45) is 4.49. The zero-order valence-electron chi connectivity index (χ0n) is 12.9. The molecule has 0 bridgehead atoms. The van der Waals surface area contributed by atoms with Gasteiger partial charge in [-0.15, -0.1) is 0 Å². The molecule has 2 aliphatic rings. The van der Waals surface area contributed by atoms with Crippen LogP contribution in [0.25, 0.3) is 0 Å². The lowest BCUT2D eigenvalue weighted by Gasteiger charge is -2.25. The van der Waals surface area contributed by atoms with Crippen LogP contribution in [0.4, 0.5) is 4.79 Å². The maximum Gasteiger partial charge on any atom is 0.315 e. The Bertz CT molecular complexity index is 488. The molecule has 0 spiro atoms. The minimum Gasteiger partial charge on any atom is -0.337 e. The van der Waals surface area contributed by atoms with Gasteiger partial charge in [-0.1, -0.05) is 24.3 Å². The first-order valence-corrected chi connectivity index (χ1v) is 7.96. The van der Waals surface area contributed by atoms with Gasteiger partial charge in [-0.25, -0.2) is 4.79 Å². The number of fused-ring (bicyclic) bond motifs is 1. The molecule has 4 nitrogen and oxygen atoms in total. The minimum absolute atomic E-state index is 0.0381. The summed E-state index contributed by atoms with van der Waals surface area (Å²) in [4.78, 5) is 14.4. The number of benzene rings is 1. The average Bonchev–Trinajstić information content (AvgIpc) is 3.24. The molecule has 0 heterocycles. The van der Waals surface area contributed by atoms with Crippen LogP contribution >= 0.6 is 0 Å². The second-order valence-electron chi connectivity index (χ2n) is 6.47. The molecule has 0 saturated heterocycles. The fourth-order valence-corrected chi connectivity index (χ4v) is 3.12. The Kier molecular flexibility index (Phi) is 4.15. The molecule has 1 fully saturated rings. The second kappa shape index (κ2) is 6.06. The molecule has 2 amide bonds. The molecule has 2 aliphatic carbocycles. The standard InChI is InChI=1S/C17H25N3O/c1-12(20(2)16-7-8-16)11-18-17(21)19-15-9-13-5-3-4-6-14(13)10-15/h3-6,12,15-16H,7-11H2,1-2H3,(H2,18,19,21). The molecule has 0 aliphatic heterocycles. The van der Waals surface area contributed by atoms with Gasteiger partial charge in [0.25, 0.3) is 0 Å². The van der Waals surface area contributed by atoms with Crippen LogP contribution in [-0.2, 0) is 12.8 Å². The minimum atomic E-state index is -0.0381. The molecule has 1 aromatic carbocycles. The average molecular weight is 287 g/mol. The highest BCUT2D eigenvalue weighted by Crippen LogP contribution is 2.26. The molecule has 1 saturated carbocycles. The quantitative estimate of drug-likeness (QED) is 0.869. The zero-order valence-corrected chi connectivity index (χ0v) is 12.9. The smallest absolute Gasteiger partial charge is 0.315 e. The largest absolute Gasteiger partial charge is 0.337 e. The zero-order chi connectivity index (χ0) is 14.8. The van der Waals surface area contributed by atoms with Crippen molar-refractivity contribution < 1.29 is 4.79 Å². The highest BCUT2D eigenvalue weighted by Gasteiger charge is 2.29. The molecule has 1 unspecified atom stereocenters. The van der Waals surface area contributed by atoms with Crippen LogP contribution in [0, 0.1) is 0 Å². The molecule has 3 rings (SSSR count). The van der Waals surface area contributed by atoms with Gasteiger partial charge in [-0.05, 0) is 50.8 Å². The summed E-state index contributed by atoms with van der Waals surface area (Å²) in [7, 11) is 2.15. The molecular weight excluding hydrogens is 262 g/mol. The maximum absolute atomic E-state index is 12.0. The van der Waals surface area contributed by atoms with E-state index in [1.165, 1.54) is 24.0 Å². The molecule has 4 heteroatoms. The summed E-state index contributed by atoms with van der Waals surface area (Å²) in [5.74, 6) is 0. The lowest BCUT2D eigenvalue weighted by molar-refractivity contribution is 0.220. The Balaban J connectivity index is 1.41. The van der Waals surface area contributed by atoms with Gasteiger partial charge < -0.3 is 10.6 Å². The topological polar surface area (TPSA) is 44.4 Å². The maximum atomic E-state index is 12.0. The van der Waals surface area contributed by atoms with E-state index >= 15 is 0 Å². The molecular formula is C17H25N3O. The third-order valence-electron chi connectivity index (χ3n) is 4.76. The first-order chi connectivity index (χ1) is 10.1. The van der Waals surface area contributed by atoms with Crippen molar-refractivity contribution in [3.63, 3.8) is 0 Å². The van der Waals surface area contributed by atoms with E-state index < -0.39 is 0 Å². The van der Waals surface area contributed by atoms with Crippen molar-refractivity contribution in [2.45, 2.75) is 50.7 Å². The summed E-state index contributed by atoms with van der Waals surface area (Å²) in [5, 5.41) is 6.10. The van der Waals surface area contributed by atoms with Crippen LogP contribution in [0.15, 0.2) is 24.3 Å². The van der Waals surface area contributed by atoms with Crippen LogP contribution in [0.1, 0.15) is 30.9 Å². The Morgan fingerprint density at radius 2 is 1.90 bits per heavy atom. The normalized spacial score (nSPS) is 19.4. The van der Waals surface area contributed by atoms with Crippen molar-refractivity contribution >= 4 is 6.03 Å². The third kappa shape index (κ3) is 3.56. The van der Waals surface area contributed by atoms with Crippen molar-refractivity contribution in [2.75, 3.05) is 13.6 Å². The summed E-state index contributed by atoms with van der Waals surface area (Å²) in [6.45, 7) is 2.88. The van der Waals surface area contributed by atoms with Crippen LogP contribution in [0.2, 0.25) is 0 Å². The lowest BCUT2D eigenvalue weighted by atomic mass is 10.1. The number of hydrogen-bond donors (Lipinski definition) is 2. The molecule has 0 aromatic heterocycles. The van der Waals surface area contributed by atoms with E-state index in [0.29, 0.717) is 12.6 Å². The SMILES string of the molecule is CC(CNC(=O)NC1Cc2ccccc2C1)N(C)C1CC1. The lowest BCUT2D eigenvalue weighted by Crippen LogP contribution is -2.47. The predicted octanol–water partition coefficient (Wildman–Crippen LogP) is 1.94. The van der Waals surface area contributed by atoms with Gasteiger partial charge in [-0.3, -0.25) is 4.90 Å². The van der Waals surface area contributed by atoms with Crippen LogP contribution in [0.5, 0.6) is 0 Å². The van der Waals surface area contributed by atoms with E-state index in [1.807, 2.05) is 0 Å². The number of nitrogens with one attached hydrogen (secondary N) is 2. The summed E-state index contributed by atoms with van der Waals surface area (Å²) >= 11 is 0. The predicted molar refractivity (Wildman–Crippen MR) is 84.4 cm³/mol. The molecule has 1 aromatic rings. The number of carbonyl (C=O) groups excluding carboxylic acids is 1. The number of carbonyl (C=O) groups is 1. The van der Waals surface area contributed by atoms with Crippen LogP contribution in [-0.4, -0.2) is 42.6 Å². The van der Waals surface area contributed by atoms with Crippen molar-refractivity contribution in [1.82, 2.24) is 15.5 Å². The Morgan fingerprint density at radius 3 is 2.48 bits per heavy atom. The highest BCUT2D eigenvalue weighted by molar-refractivity contribution is 5.74. The van der Waals surface area contributed by atoms with E-state index in [1.54, 1.807) is 0 Å². The molecule has 0 radical (unpaired) electrons. The Hall–Kier alpha value is -1.55. The number of hydrogen-bond acceptors (Lipinski definition) is 2. The fourth-order valence-electron chi connectivity index (χ4n) is 3.12. The molecule has 114 valence electrons. The number of amides is 2. The Labute approximate surface area is 126 Å². The van der Waals surface area contributed by atoms with Gasteiger partial charge >= 0.3 is 6.03 Å². The fraction of sp³-hybridized carbons (Fsp3) is 0.588. The monoisotopic (exact) mass is 287 g/mol. The van der Waals surface area contributed by atoms with Gasteiger partial charge in [0, 0.05) is 24.7 Å². The molecule has 21 heavy (non-hydrogen) atoms. The Morgan fingerprint density at radius 1 is 1.29 bits per heavy atom. The van der Waals surface area contributed by atoms with Crippen LogP contribution in [0.3, 0.4) is 0 Å². The van der Waals surface area contributed by atoms with Gasteiger partial charge in [0.05, 0.1) is 0 Å². The van der Waals surface area contributed by atoms with E-state index in [2.05, 4.69) is 53.8 Å². The van der Waals surface area contributed by atoms with Crippen LogP contribution < -0.4 is 10.6 Å². The van der Waals surface area contributed by atoms with Crippen molar-refractivity contribution in [3.8, 4) is 0 Å². The van der Waals surface area contributed by atoms with E-state index in [0.717, 1.165) is 18.9 Å². The summed E-state index contributed by atoms with van der Waals surface area (Å²) in [5.41, 5.74) is 2.73. The van der Waals surface area contributed by atoms with Gasteiger partial charge in [0.2, 0.25) is 0 Å². The number of likely N-dealkylation sites (N-methyl/N-ethyl adjacent to an activating group) is 1. The van der Waals surface area contributed by atoms with Crippen molar-refractivity contribution in [1.29, 1.82) is 0 Å². The number of rotatable bonds is 5. The van der Waals surface area contributed by atoms with Crippen molar-refractivity contribution in [3.05, 3.63) is 35.4 Å².